The zero-order valence-corrected chi connectivity index (χ0v) is 17.0. The first kappa shape index (κ1) is 19.5. The van der Waals surface area contributed by atoms with Gasteiger partial charge in [0, 0.05) is 62.6 Å². The zero-order chi connectivity index (χ0) is 21.6. The number of carbonyl (C=O) groups is 1. The molecule has 3 aliphatic rings. The summed E-state index contributed by atoms with van der Waals surface area (Å²) in [6.07, 6.45) is 5.07. The third kappa shape index (κ3) is 3.21. The maximum absolute atomic E-state index is 15.8. The number of nitriles is 1. The molecule has 0 spiro atoms. The van der Waals surface area contributed by atoms with E-state index in [1.165, 1.54) is 13.3 Å². The third-order valence-corrected chi connectivity index (χ3v) is 6.26. The first-order valence-electron chi connectivity index (χ1n) is 10.2. The summed E-state index contributed by atoms with van der Waals surface area (Å²) in [5.74, 6) is 0.840. The predicted molar refractivity (Wildman–Crippen MR) is 106 cm³/mol. The van der Waals surface area contributed by atoms with Crippen molar-refractivity contribution in [3.8, 4) is 17.7 Å². The molecule has 5 rings (SSSR count). The number of rotatable bonds is 3. The van der Waals surface area contributed by atoms with Gasteiger partial charge in [-0.05, 0) is 0 Å². The van der Waals surface area contributed by atoms with Crippen LogP contribution in [0.15, 0.2) is 24.7 Å². The lowest BCUT2D eigenvalue weighted by Gasteiger charge is -2.38. The number of aromatic nitrogens is 3. The second-order valence-corrected chi connectivity index (χ2v) is 8.02. The number of amides is 1. The fourth-order valence-electron chi connectivity index (χ4n) is 4.61. The van der Waals surface area contributed by atoms with Crippen LogP contribution in [0.2, 0.25) is 0 Å². The quantitative estimate of drug-likeness (QED) is 0.735. The van der Waals surface area contributed by atoms with E-state index >= 15 is 4.39 Å². The number of piperidine rings is 1. The van der Waals surface area contributed by atoms with E-state index in [4.69, 9.17) is 9.47 Å². The Balaban J connectivity index is 1.33. The van der Waals surface area contributed by atoms with Crippen molar-refractivity contribution >= 4 is 11.9 Å². The minimum atomic E-state index is -1.97. The lowest BCUT2D eigenvalue weighted by molar-refractivity contribution is -0.146. The normalized spacial score (nSPS) is 23.5. The summed E-state index contributed by atoms with van der Waals surface area (Å²) in [5.41, 5.74) is -0.956. The summed E-state index contributed by atoms with van der Waals surface area (Å²) in [4.78, 5) is 29.4. The Kier molecular flexibility index (Phi) is 4.61. The van der Waals surface area contributed by atoms with Gasteiger partial charge in [0.05, 0.1) is 19.7 Å². The SMILES string of the molecule is COc1ccnc(N2CCC(F)(C(=O)N3C[C@@H]4C[C@H]3c3cncc(C#N)c3O4)CC2)n1. The summed E-state index contributed by atoms with van der Waals surface area (Å²) in [6.45, 7) is 0.951. The van der Waals surface area contributed by atoms with Crippen molar-refractivity contribution < 1.29 is 18.7 Å². The fourth-order valence-corrected chi connectivity index (χ4v) is 4.61. The largest absolute Gasteiger partial charge is 0.487 e. The Bertz CT molecular complexity index is 1070. The molecular weight excluding hydrogens is 403 g/mol. The number of hydrogen-bond acceptors (Lipinski definition) is 8. The van der Waals surface area contributed by atoms with Crippen LogP contribution in [0, 0.1) is 11.3 Å². The standard InChI is InChI=1S/C21H21FN6O3/c1-30-17-2-5-25-20(26-17)27-6-3-21(22,4-7-27)19(29)28-12-14-8-16(28)15-11-24-10-13(9-23)18(15)31-14/h2,5,10-11,14,16H,3-4,6-8,12H2,1H3/t14-,16-/m0/s1. The molecule has 0 aliphatic carbocycles. The Morgan fingerprint density at radius 1 is 1.39 bits per heavy atom. The van der Waals surface area contributed by atoms with Crippen LogP contribution in [0.5, 0.6) is 11.6 Å². The van der Waals surface area contributed by atoms with Gasteiger partial charge in [-0.25, -0.2) is 9.37 Å². The minimum absolute atomic E-state index is 0.0461. The molecule has 9 nitrogen and oxygen atoms in total. The number of methoxy groups -OCH3 is 1. The van der Waals surface area contributed by atoms with E-state index in [0.717, 1.165) is 0 Å². The molecular formula is C21H21FN6O3. The fraction of sp³-hybridized carbons (Fsp3) is 0.476. The number of hydrogen-bond donors (Lipinski definition) is 0. The molecule has 2 saturated heterocycles. The van der Waals surface area contributed by atoms with Crippen molar-refractivity contribution in [2.75, 3.05) is 31.6 Å². The monoisotopic (exact) mass is 424 g/mol. The van der Waals surface area contributed by atoms with Crippen molar-refractivity contribution in [1.29, 1.82) is 5.26 Å². The average molecular weight is 424 g/mol. The Labute approximate surface area is 178 Å². The van der Waals surface area contributed by atoms with Gasteiger partial charge in [0.1, 0.15) is 23.5 Å². The van der Waals surface area contributed by atoms with E-state index in [2.05, 4.69) is 21.0 Å². The number of halogens is 1. The van der Waals surface area contributed by atoms with Crippen molar-refractivity contribution in [3.63, 3.8) is 0 Å². The Hall–Kier alpha value is -3.48. The van der Waals surface area contributed by atoms with Crippen LogP contribution in [-0.2, 0) is 4.79 Å². The van der Waals surface area contributed by atoms with Crippen LogP contribution in [0.1, 0.15) is 36.4 Å². The van der Waals surface area contributed by atoms with Crippen LogP contribution < -0.4 is 14.4 Å². The first-order chi connectivity index (χ1) is 15.0. The van der Waals surface area contributed by atoms with E-state index in [1.54, 1.807) is 23.4 Å². The molecule has 0 saturated carbocycles. The Morgan fingerprint density at radius 3 is 2.94 bits per heavy atom. The van der Waals surface area contributed by atoms with Gasteiger partial charge >= 0.3 is 0 Å². The van der Waals surface area contributed by atoms with Gasteiger partial charge in [0.15, 0.2) is 5.67 Å². The molecule has 1 amide bonds. The summed E-state index contributed by atoms with van der Waals surface area (Å²) >= 11 is 0. The lowest BCUT2D eigenvalue weighted by Crippen LogP contribution is -2.52. The molecule has 2 atom stereocenters. The van der Waals surface area contributed by atoms with Gasteiger partial charge in [-0.3, -0.25) is 9.78 Å². The van der Waals surface area contributed by atoms with Crippen LogP contribution in [-0.4, -0.2) is 64.3 Å². The molecule has 2 bridgehead atoms. The maximum atomic E-state index is 15.8. The minimum Gasteiger partial charge on any atom is -0.487 e. The van der Waals surface area contributed by atoms with E-state index in [-0.39, 0.29) is 25.0 Å². The van der Waals surface area contributed by atoms with Crippen LogP contribution in [0.25, 0.3) is 0 Å². The molecule has 31 heavy (non-hydrogen) atoms. The van der Waals surface area contributed by atoms with E-state index in [9.17, 15) is 10.1 Å². The number of ether oxygens (including phenoxy) is 2. The maximum Gasteiger partial charge on any atom is 0.261 e. The highest BCUT2D eigenvalue weighted by Gasteiger charge is 2.51. The van der Waals surface area contributed by atoms with E-state index < -0.39 is 11.6 Å². The van der Waals surface area contributed by atoms with Gasteiger partial charge in [-0.2, -0.15) is 10.2 Å². The molecule has 3 aliphatic heterocycles. The van der Waals surface area contributed by atoms with E-state index in [1.807, 2.05) is 4.90 Å². The number of nitrogens with zero attached hydrogens (tertiary/aromatic N) is 6. The first-order valence-corrected chi connectivity index (χ1v) is 10.2. The molecule has 2 fully saturated rings. The predicted octanol–water partition coefficient (Wildman–Crippen LogP) is 1.79. The van der Waals surface area contributed by atoms with Crippen molar-refractivity contribution in [3.05, 3.63) is 35.8 Å². The molecule has 5 heterocycles. The van der Waals surface area contributed by atoms with Gasteiger partial charge < -0.3 is 19.3 Å². The van der Waals surface area contributed by atoms with Crippen molar-refractivity contribution in [2.24, 2.45) is 0 Å². The molecule has 0 unspecified atom stereocenters. The Morgan fingerprint density at radius 2 is 2.19 bits per heavy atom. The second-order valence-electron chi connectivity index (χ2n) is 8.02. The molecule has 160 valence electrons. The molecule has 2 aromatic rings. The number of anilines is 1. The second kappa shape index (κ2) is 7.34. The molecule has 2 aromatic heterocycles. The highest BCUT2D eigenvalue weighted by Crippen LogP contribution is 2.46. The van der Waals surface area contributed by atoms with Crippen LogP contribution in [0.3, 0.4) is 0 Å². The summed E-state index contributed by atoms with van der Waals surface area (Å²) in [5, 5.41) is 9.33. The molecule has 0 radical (unpaired) electrons. The molecule has 10 heteroatoms. The number of alkyl halides is 1. The zero-order valence-electron chi connectivity index (χ0n) is 17.0. The molecule has 0 N–H and O–H groups in total. The topological polar surface area (TPSA) is 104 Å². The summed E-state index contributed by atoms with van der Waals surface area (Å²) in [6, 6.07) is 3.40. The van der Waals surface area contributed by atoms with Crippen molar-refractivity contribution in [1.82, 2.24) is 19.9 Å². The number of pyridine rings is 1. The van der Waals surface area contributed by atoms with Crippen LogP contribution in [0.4, 0.5) is 10.3 Å². The van der Waals surface area contributed by atoms with Gasteiger partial charge in [0.2, 0.25) is 11.8 Å². The van der Waals surface area contributed by atoms with Gasteiger partial charge in [0.25, 0.3) is 5.91 Å². The summed E-state index contributed by atoms with van der Waals surface area (Å²) < 4.78 is 26.9. The number of carbonyl (C=O) groups excluding carboxylic acids is 1. The van der Waals surface area contributed by atoms with Gasteiger partial charge in [-0.15, -0.1) is 0 Å². The molecule has 0 aromatic carbocycles. The lowest BCUT2D eigenvalue weighted by atomic mass is 9.91. The third-order valence-electron chi connectivity index (χ3n) is 6.26. The number of likely N-dealkylation sites (tertiary alicyclic amines) is 1. The average Bonchev–Trinajstić information content (AvgIpc) is 3.16. The summed E-state index contributed by atoms with van der Waals surface area (Å²) in [7, 11) is 1.52. The van der Waals surface area contributed by atoms with Crippen molar-refractivity contribution in [2.45, 2.75) is 37.1 Å². The van der Waals surface area contributed by atoms with Crippen LogP contribution >= 0.6 is 0 Å². The highest BCUT2D eigenvalue weighted by molar-refractivity contribution is 5.86. The smallest absolute Gasteiger partial charge is 0.261 e. The number of fused-ring (bicyclic) bond motifs is 4. The van der Waals surface area contributed by atoms with E-state index in [0.29, 0.717) is 54.8 Å². The highest BCUT2D eigenvalue weighted by atomic mass is 19.1. The van der Waals surface area contributed by atoms with Gasteiger partial charge in [-0.1, -0.05) is 0 Å².